The molecular formula is C12H21N5O. The van der Waals surface area contributed by atoms with Crippen molar-refractivity contribution in [3.63, 3.8) is 0 Å². The van der Waals surface area contributed by atoms with Crippen molar-refractivity contribution in [3.05, 3.63) is 11.9 Å². The van der Waals surface area contributed by atoms with E-state index in [2.05, 4.69) is 25.4 Å². The van der Waals surface area contributed by atoms with Gasteiger partial charge in [0.25, 0.3) is 0 Å². The summed E-state index contributed by atoms with van der Waals surface area (Å²) in [6, 6.07) is 0.334. The van der Waals surface area contributed by atoms with Crippen LogP contribution in [0.3, 0.4) is 0 Å². The number of nitrogens with zero attached hydrogens (tertiary/aromatic N) is 4. The Balaban J connectivity index is 1.89. The predicted octanol–water partition coefficient (Wildman–Crippen LogP) is 0.437. The van der Waals surface area contributed by atoms with Crippen molar-refractivity contribution in [2.75, 3.05) is 25.0 Å². The highest BCUT2D eigenvalue weighted by molar-refractivity contribution is 5.24. The second-order valence-electron chi connectivity index (χ2n) is 5.01. The highest BCUT2D eigenvalue weighted by Gasteiger charge is 2.21. The molecule has 1 aliphatic heterocycles. The van der Waals surface area contributed by atoms with Crippen molar-refractivity contribution >= 4 is 5.95 Å². The van der Waals surface area contributed by atoms with Crippen molar-refractivity contribution in [1.82, 2.24) is 20.1 Å². The summed E-state index contributed by atoms with van der Waals surface area (Å²) >= 11 is 0. The fraction of sp³-hybridized carbons (Fsp3) is 0.750. The van der Waals surface area contributed by atoms with Crippen LogP contribution in [0.15, 0.2) is 6.20 Å². The molecule has 6 nitrogen and oxygen atoms in total. The Morgan fingerprint density at radius 3 is 3.17 bits per heavy atom. The Hall–Kier alpha value is -1.27. The summed E-state index contributed by atoms with van der Waals surface area (Å²) in [6.07, 6.45) is 3.60. The Labute approximate surface area is 107 Å². The summed E-state index contributed by atoms with van der Waals surface area (Å²) < 4.78 is 0. The lowest BCUT2D eigenvalue weighted by molar-refractivity contribution is 0.110. The standard InChI is InChI=1S/C12H21N5O/c1-9-6-13-16-12(14-9)15-11-4-3-5-17(8-11)7-10(2)18/h6,10-11,18H,3-5,7-8H2,1-2H3,(H,14,15,16)/t10?,11-/m1/s1. The van der Waals surface area contributed by atoms with Gasteiger partial charge in [0.15, 0.2) is 0 Å². The maximum Gasteiger partial charge on any atom is 0.243 e. The van der Waals surface area contributed by atoms with E-state index in [0.717, 1.165) is 38.2 Å². The van der Waals surface area contributed by atoms with Gasteiger partial charge in [-0.15, -0.1) is 5.10 Å². The van der Waals surface area contributed by atoms with Gasteiger partial charge in [0.2, 0.25) is 5.95 Å². The zero-order valence-electron chi connectivity index (χ0n) is 11.0. The van der Waals surface area contributed by atoms with Crippen LogP contribution < -0.4 is 5.32 Å². The van der Waals surface area contributed by atoms with E-state index in [4.69, 9.17) is 0 Å². The van der Waals surface area contributed by atoms with Crippen LogP contribution in [0.2, 0.25) is 0 Å². The number of rotatable bonds is 4. The zero-order valence-corrected chi connectivity index (χ0v) is 11.0. The summed E-state index contributed by atoms with van der Waals surface area (Å²) in [5, 5.41) is 20.6. The second kappa shape index (κ2) is 6.06. The minimum Gasteiger partial charge on any atom is -0.392 e. The molecule has 0 aliphatic carbocycles. The van der Waals surface area contributed by atoms with Gasteiger partial charge in [-0.25, -0.2) is 4.98 Å². The molecule has 1 fully saturated rings. The van der Waals surface area contributed by atoms with Gasteiger partial charge < -0.3 is 10.4 Å². The van der Waals surface area contributed by atoms with E-state index in [1.165, 1.54) is 0 Å². The summed E-state index contributed by atoms with van der Waals surface area (Å²) in [7, 11) is 0. The largest absolute Gasteiger partial charge is 0.392 e. The lowest BCUT2D eigenvalue weighted by Crippen LogP contribution is -2.44. The van der Waals surface area contributed by atoms with Crippen LogP contribution in [0, 0.1) is 6.92 Å². The van der Waals surface area contributed by atoms with Crippen LogP contribution >= 0.6 is 0 Å². The lowest BCUT2D eigenvalue weighted by Gasteiger charge is -2.33. The minimum atomic E-state index is -0.277. The van der Waals surface area contributed by atoms with Crippen molar-refractivity contribution in [2.24, 2.45) is 0 Å². The Bertz CT molecular complexity index is 384. The molecule has 2 rings (SSSR count). The molecule has 2 heterocycles. The molecule has 0 radical (unpaired) electrons. The number of aryl methyl sites for hydroxylation is 1. The molecule has 0 amide bonds. The van der Waals surface area contributed by atoms with Gasteiger partial charge in [-0.2, -0.15) is 5.10 Å². The molecule has 1 aromatic heterocycles. The molecule has 2 N–H and O–H groups in total. The number of aliphatic hydroxyl groups excluding tert-OH is 1. The number of β-amino-alcohol motifs (C(OH)–C–C–N with tert-alkyl or cyclic N) is 1. The number of aliphatic hydroxyl groups is 1. The van der Waals surface area contributed by atoms with E-state index < -0.39 is 0 Å². The molecule has 2 atom stereocenters. The van der Waals surface area contributed by atoms with E-state index >= 15 is 0 Å². The third kappa shape index (κ3) is 3.89. The summed E-state index contributed by atoms with van der Waals surface area (Å²) in [5.74, 6) is 0.596. The first-order valence-corrected chi connectivity index (χ1v) is 6.47. The van der Waals surface area contributed by atoms with E-state index in [1.54, 1.807) is 6.20 Å². The Morgan fingerprint density at radius 1 is 1.61 bits per heavy atom. The van der Waals surface area contributed by atoms with Gasteiger partial charge in [0.05, 0.1) is 18.0 Å². The maximum atomic E-state index is 9.42. The quantitative estimate of drug-likeness (QED) is 0.808. The van der Waals surface area contributed by atoms with Crippen LogP contribution in [0.25, 0.3) is 0 Å². The minimum absolute atomic E-state index is 0.277. The number of anilines is 1. The average molecular weight is 251 g/mol. The van der Waals surface area contributed by atoms with Gasteiger partial charge >= 0.3 is 0 Å². The number of hydrogen-bond acceptors (Lipinski definition) is 6. The molecule has 1 aliphatic rings. The van der Waals surface area contributed by atoms with E-state index in [0.29, 0.717) is 12.0 Å². The Kier molecular flexibility index (Phi) is 4.43. The van der Waals surface area contributed by atoms with E-state index in [9.17, 15) is 5.11 Å². The molecule has 0 bridgehead atoms. The third-order valence-electron chi connectivity index (χ3n) is 3.04. The first kappa shape index (κ1) is 13.2. The monoisotopic (exact) mass is 251 g/mol. The highest BCUT2D eigenvalue weighted by Crippen LogP contribution is 2.13. The third-order valence-corrected chi connectivity index (χ3v) is 3.04. The molecule has 1 saturated heterocycles. The molecule has 0 spiro atoms. The fourth-order valence-corrected chi connectivity index (χ4v) is 2.34. The number of hydrogen-bond donors (Lipinski definition) is 2. The van der Waals surface area contributed by atoms with Crippen LogP contribution in [0.5, 0.6) is 0 Å². The van der Waals surface area contributed by atoms with Crippen molar-refractivity contribution < 1.29 is 5.11 Å². The number of piperidine rings is 1. The van der Waals surface area contributed by atoms with E-state index in [1.807, 2.05) is 13.8 Å². The fourth-order valence-electron chi connectivity index (χ4n) is 2.34. The van der Waals surface area contributed by atoms with Gasteiger partial charge in [-0.3, -0.25) is 4.90 Å². The maximum absolute atomic E-state index is 9.42. The molecule has 100 valence electrons. The normalized spacial score (nSPS) is 22.7. The zero-order chi connectivity index (χ0) is 13.0. The summed E-state index contributed by atoms with van der Waals surface area (Å²) in [6.45, 7) is 6.43. The molecular weight excluding hydrogens is 230 g/mol. The van der Waals surface area contributed by atoms with Crippen molar-refractivity contribution in [3.8, 4) is 0 Å². The van der Waals surface area contributed by atoms with Crippen LogP contribution in [0.4, 0.5) is 5.95 Å². The molecule has 6 heteroatoms. The predicted molar refractivity (Wildman–Crippen MR) is 69.3 cm³/mol. The smallest absolute Gasteiger partial charge is 0.243 e. The SMILES string of the molecule is Cc1cnnc(N[C@@H]2CCCN(CC(C)O)C2)n1. The van der Waals surface area contributed by atoms with Crippen LogP contribution in [-0.2, 0) is 0 Å². The van der Waals surface area contributed by atoms with Gasteiger partial charge in [0, 0.05) is 19.1 Å². The Morgan fingerprint density at radius 2 is 2.44 bits per heavy atom. The molecule has 1 unspecified atom stereocenters. The lowest BCUT2D eigenvalue weighted by atomic mass is 10.1. The van der Waals surface area contributed by atoms with Crippen LogP contribution in [0.1, 0.15) is 25.5 Å². The van der Waals surface area contributed by atoms with E-state index in [-0.39, 0.29) is 6.10 Å². The van der Waals surface area contributed by atoms with Crippen LogP contribution in [-0.4, -0.2) is 57.0 Å². The number of aromatic nitrogens is 3. The molecule has 0 saturated carbocycles. The molecule has 1 aromatic rings. The second-order valence-corrected chi connectivity index (χ2v) is 5.01. The average Bonchev–Trinajstić information content (AvgIpc) is 2.28. The summed E-state index contributed by atoms with van der Waals surface area (Å²) in [5.41, 5.74) is 0.865. The number of likely N-dealkylation sites (tertiary alicyclic amines) is 1. The van der Waals surface area contributed by atoms with Crippen molar-refractivity contribution in [2.45, 2.75) is 38.8 Å². The molecule has 18 heavy (non-hydrogen) atoms. The van der Waals surface area contributed by atoms with Gasteiger partial charge in [0.1, 0.15) is 0 Å². The summed E-state index contributed by atoms with van der Waals surface area (Å²) in [4.78, 5) is 6.57. The topological polar surface area (TPSA) is 74.2 Å². The number of nitrogens with one attached hydrogen (secondary N) is 1. The van der Waals surface area contributed by atoms with Crippen molar-refractivity contribution in [1.29, 1.82) is 0 Å². The van der Waals surface area contributed by atoms with Gasteiger partial charge in [-0.05, 0) is 33.2 Å². The van der Waals surface area contributed by atoms with Gasteiger partial charge in [-0.1, -0.05) is 0 Å². The first-order valence-electron chi connectivity index (χ1n) is 6.47. The highest BCUT2D eigenvalue weighted by atomic mass is 16.3. The first-order chi connectivity index (χ1) is 8.63. The molecule has 0 aromatic carbocycles.